The van der Waals surface area contributed by atoms with Gasteiger partial charge in [0.05, 0.1) is 31.9 Å². The van der Waals surface area contributed by atoms with Crippen molar-refractivity contribution in [3.63, 3.8) is 0 Å². The van der Waals surface area contributed by atoms with Gasteiger partial charge in [0.2, 0.25) is 0 Å². The van der Waals surface area contributed by atoms with Crippen LogP contribution in [0.2, 0.25) is 0 Å². The number of carbonyl (C=O) groups is 2. The summed E-state index contributed by atoms with van der Waals surface area (Å²) < 4.78 is 47.7. The van der Waals surface area contributed by atoms with Crippen LogP contribution in [-0.4, -0.2) is 73.8 Å². The highest BCUT2D eigenvalue weighted by molar-refractivity contribution is 7.80. The zero-order valence-electron chi connectivity index (χ0n) is 16.6. The molecule has 174 valence electrons. The predicted molar refractivity (Wildman–Crippen MR) is 113 cm³/mol. The van der Waals surface area contributed by atoms with Gasteiger partial charge in [-0.25, -0.2) is 23.0 Å². The lowest BCUT2D eigenvalue weighted by Crippen LogP contribution is -2.38. The van der Waals surface area contributed by atoms with Gasteiger partial charge in [-0.2, -0.15) is 0 Å². The number of hydrogen-bond donors (Lipinski definition) is 2. The number of hydroxylamine groups is 2. The summed E-state index contributed by atoms with van der Waals surface area (Å²) in [5, 5.41) is 3.61. The molecule has 31 heavy (non-hydrogen) atoms. The predicted octanol–water partition coefficient (Wildman–Crippen LogP) is 1.55. The molecule has 2 amide bonds. The second kappa shape index (κ2) is 9.56. The number of benzene rings is 1. The number of cyclic esters (lactones) is 1. The van der Waals surface area contributed by atoms with E-state index in [1.165, 1.54) is 9.96 Å². The fourth-order valence-corrected chi connectivity index (χ4v) is 3.39. The second-order valence-electron chi connectivity index (χ2n) is 7.00. The number of nitrogens with two attached hydrogens (primary N) is 1. The molecule has 3 N–H and O–H groups in total. The summed E-state index contributed by atoms with van der Waals surface area (Å²) >= 11 is 4.85. The largest absolute Gasteiger partial charge is 0.442 e. The van der Waals surface area contributed by atoms with E-state index in [0.29, 0.717) is 0 Å². The standard InChI is InChI=1S/C18H22F3N5O4S.2H2/c1-10(19)16(27)23-8-12-9-25(18(28)30-12)11-6-13(20)15(14(21)7-11)24-2-3-26(17(22)31)29-5-4-24;;/h6-7,10,12H,2-5,8-9H2,1H3,(H2,22,31)(H,23,27);2*1H/t10?,12-;;/m0../s1. The number of ether oxygens (including phenoxy) is 1. The number of carbonyl (C=O) groups excluding carboxylic acids is 2. The van der Waals surface area contributed by atoms with Gasteiger partial charge in [0, 0.05) is 28.1 Å². The summed E-state index contributed by atoms with van der Waals surface area (Å²) in [6.45, 7) is 1.66. The van der Waals surface area contributed by atoms with E-state index in [-0.39, 0.29) is 58.7 Å². The van der Waals surface area contributed by atoms with Crippen molar-refractivity contribution >= 4 is 40.7 Å². The number of nitrogens with one attached hydrogen (secondary N) is 1. The number of nitrogens with zero attached hydrogens (tertiary/aromatic N) is 3. The fourth-order valence-electron chi connectivity index (χ4n) is 3.25. The molecule has 0 bridgehead atoms. The second-order valence-corrected chi connectivity index (χ2v) is 7.41. The van der Waals surface area contributed by atoms with E-state index in [1.807, 2.05) is 0 Å². The van der Waals surface area contributed by atoms with Crippen molar-refractivity contribution in [2.45, 2.75) is 19.2 Å². The van der Waals surface area contributed by atoms with Crippen molar-refractivity contribution < 1.29 is 35.2 Å². The average Bonchev–Trinajstić information content (AvgIpc) is 2.90. The minimum Gasteiger partial charge on any atom is -0.442 e. The molecule has 2 atom stereocenters. The number of anilines is 2. The van der Waals surface area contributed by atoms with E-state index < -0.39 is 35.9 Å². The molecular formula is C18H26F3N5O4S. The molecule has 2 aliphatic heterocycles. The molecular weight excluding hydrogens is 439 g/mol. The maximum atomic E-state index is 14.8. The molecule has 0 aliphatic carbocycles. The summed E-state index contributed by atoms with van der Waals surface area (Å²) in [4.78, 5) is 31.3. The quantitative estimate of drug-likeness (QED) is 0.632. The SMILES string of the molecule is CC(F)C(=O)NC[C@H]1CN(c2cc(F)c(N3CCON(C(N)=S)CC3)c(F)c2)C(=O)O1.[HH].[HH]. The van der Waals surface area contributed by atoms with Crippen LogP contribution in [0.3, 0.4) is 0 Å². The number of hydrogen-bond acceptors (Lipinski definition) is 6. The Morgan fingerprint density at radius 1 is 1.35 bits per heavy atom. The van der Waals surface area contributed by atoms with Crippen LogP contribution < -0.4 is 20.9 Å². The van der Waals surface area contributed by atoms with Crippen molar-refractivity contribution in [3.8, 4) is 0 Å². The van der Waals surface area contributed by atoms with Crippen LogP contribution in [0.25, 0.3) is 0 Å². The zero-order valence-corrected chi connectivity index (χ0v) is 17.5. The van der Waals surface area contributed by atoms with Crippen LogP contribution in [0, 0.1) is 11.6 Å². The average molecular weight is 465 g/mol. The molecule has 0 radical (unpaired) electrons. The Kier molecular flexibility index (Phi) is 7.05. The summed E-state index contributed by atoms with van der Waals surface area (Å²) in [5.74, 6) is -2.57. The normalized spacial score (nSPS) is 20.3. The molecule has 1 aromatic rings. The molecule has 2 saturated heterocycles. The van der Waals surface area contributed by atoms with Gasteiger partial charge in [0.15, 0.2) is 22.9 Å². The Bertz CT molecular complexity index is 862. The van der Waals surface area contributed by atoms with Gasteiger partial charge in [-0.1, -0.05) is 0 Å². The molecule has 1 unspecified atom stereocenters. The van der Waals surface area contributed by atoms with E-state index in [4.69, 9.17) is 27.5 Å². The highest BCUT2D eigenvalue weighted by Crippen LogP contribution is 2.31. The number of amides is 2. The van der Waals surface area contributed by atoms with Crippen molar-refractivity contribution in [2.24, 2.45) is 5.73 Å². The first kappa shape index (κ1) is 22.9. The number of rotatable bonds is 5. The lowest BCUT2D eigenvalue weighted by Gasteiger charge is -2.24. The summed E-state index contributed by atoms with van der Waals surface area (Å²) in [6, 6.07) is 2.06. The van der Waals surface area contributed by atoms with E-state index in [0.717, 1.165) is 24.0 Å². The van der Waals surface area contributed by atoms with Gasteiger partial charge in [-0.05, 0) is 19.1 Å². The van der Waals surface area contributed by atoms with Crippen LogP contribution >= 0.6 is 12.2 Å². The van der Waals surface area contributed by atoms with Crippen molar-refractivity contribution in [2.75, 3.05) is 49.1 Å². The van der Waals surface area contributed by atoms with E-state index >= 15 is 0 Å². The van der Waals surface area contributed by atoms with Gasteiger partial charge in [-0.15, -0.1) is 0 Å². The molecule has 2 fully saturated rings. The van der Waals surface area contributed by atoms with Gasteiger partial charge < -0.3 is 20.7 Å². The lowest BCUT2D eigenvalue weighted by molar-refractivity contribution is -0.125. The molecule has 2 aliphatic rings. The molecule has 13 heteroatoms. The lowest BCUT2D eigenvalue weighted by atomic mass is 10.2. The summed E-state index contributed by atoms with van der Waals surface area (Å²) in [5.41, 5.74) is 5.23. The monoisotopic (exact) mass is 465 g/mol. The maximum absolute atomic E-state index is 14.8. The first-order chi connectivity index (χ1) is 14.7. The minimum atomic E-state index is -1.71. The van der Waals surface area contributed by atoms with Crippen LogP contribution in [-0.2, 0) is 14.4 Å². The molecule has 0 aromatic heterocycles. The minimum absolute atomic E-state index is 0. The topological polar surface area (TPSA) is 100 Å². The van der Waals surface area contributed by atoms with E-state index in [9.17, 15) is 22.8 Å². The van der Waals surface area contributed by atoms with Gasteiger partial charge >= 0.3 is 6.09 Å². The van der Waals surface area contributed by atoms with Crippen LogP contribution in [0.4, 0.5) is 29.3 Å². The van der Waals surface area contributed by atoms with Crippen molar-refractivity contribution in [1.82, 2.24) is 10.4 Å². The Balaban J connectivity index is 0.00000272. The third-order valence-electron chi connectivity index (χ3n) is 4.80. The molecule has 9 nitrogen and oxygen atoms in total. The van der Waals surface area contributed by atoms with E-state index in [2.05, 4.69) is 5.32 Å². The van der Waals surface area contributed by atoms with Crippen LogP contribution in [0.15, 0.2) is 12.1 Å². The van der Waals surface area contributed by atoms with Crippen molar-refractivity contribution in [1.29, 1.82) is 0 Å². The molecule has 1 aromatic carbocycles. The highest BCUT2D eigenvalue weighted by atomic mass is 32.1. The highest BCUT2D eigenvalue weighted by Gasteiger charge is 2.34. The Hall–Kier alpha value is -2.80. The van der Waals surface area contributed by atoms with Gasteiger partial charge in [0.25, 0.3) is 5.91 Å². The van der Waals surface area contributed by atoms with E-state index in [1.54, 1.807) is 0 Å². The van der Waals surface area contributed by atoms with Crippen molar-refractivity contribution in [3.05, 3.63) is 23.8 Å². The molecule has 0 spiro atoms. The molecule has 2 heterocycles. The molecule has 0 saturated carbocycles. The third kappa shape index (κ3) is 5.28. The number of alkyl halides is 1. The first-order valence-electron chi connectivity index (χ1n) is 9.51. The first-order valence-corrected chi connectivity index (χ1v) is 9.92. The van der Waals surface area contributed by atoms with Crippen LogP contribution in [0.5, 0.6) is 0 Å². The van der Waals surface area contributed by atoms with Crippen LogP contribution in [0.1, 0.15) is 9.78 Å². The number of halogens is 3. The van der Waals surface area contributed by atoms with Gasteiger partial charge in [0.1, 0.15) is 11.8 Å². The summed E-state index contributed by atoms with van der Waals surface area (Å²) in [6.07, 6.45) is -3.31. The third-order valence-corrected chi connectivity index (χ3v) is 5.00. The summed E-state index contributed by atoms with van der Waals surface area (Å²) in [7, 11) is 0. The Morgan fingerprint density at radius 2 is 2.03 bits per heavy atom. The fraction of sp³-hybridized carbons (Fsp3) is 0.500. The molecule has 3 rings (SSSR count). The zero-order chi connectivity index (χ0) is 22.7. The number of thiocarbonyl (C=S) groups is 1. The van der Waals surface area contributed by atoms with Gasteiger partial charge in [-0.3, -0.25) is 14.5 Å². The Labute approximate surface area is 184 Å². The Morgan fingerprint density at radius 3 is 2.65 bits per heavy atom. The smallest absolute Gasteiger partial charge is 0.414 e. The maximum Gasteiger partial charge on any atom is 0.414 e.